The van der Waals surface area contributed by atoms with Gasteiger partial charge in [0.1, 0.15) is 10.7 Å². The van der Waals surface area contributed by atoms with Gasteiger partial charge in [0, 0.05) is 33.4 Å². The maximum atomic E-state index is 15.4. The summed E-state index contributed by atoms with van der Waals surface area (Å²) in [6.45, 7) is 4.88. The lowest BCUT2D eigenvalue weighted by atomic mass is 9.81. The Hall–Kier alpha value is -2.91. The van der Waals surface area contributed by atoms with E-state index in [2.05, 4.69) is 10.3 Å². The van der Waals surface area contributed by atoms with Crippen LogP contribution in [0.5, 0.6) is 5.75 Å². The number of hydrogen-bond acceptors (Lipinski definition) is 6. The zero-order chi connectivity index (χ0) is 34.9. The summed E-state index contributed by atoms with van der Waals surface area (Å²) in [5.74, 6) is -1.58. The van der Waals surface area contributed by atoms with E-state index in [4.69, 9.17) is 33.1 Å². The first-order valence-electron chi connectivity index (χ1n) is 14.3. The van der Waals surface area contributed by atoms with E-state index in [9.17, 15) is 17.6 Å². The van der Waals surface area contributed by atoms with Gasteiger partial charge < -0.3 is 26.9 Å². The van der Waals surface area contributed by atoms with E-state index in [1.807, 2.05) is 35.0 Å². The SMILES string of the molecule is COc1cc(-n2c(C(C)(C)c3ccc(S(N)(=O)=O)c(Cl)c3)cnc2SCc2c(F)cc(C(=O)NCC[N+](C)(C)C)cc2Cl)ccc1F.[Cl-]. The molecule has 1 aromatic heterocycles. The van der Waals surface area contributed by atoms with Crippen molar-refractivity contribution in [1.82, 2.24) is 14.9 Å². The molecule has 0 radical (unpaired) electrons. The number of carbonyl (C=O) groups is 1. The fraction of sp³-hybridized carbons (Fsp3) is 0.312. The molecule has 0 fully saturated rings. The highest BCUT2D eigenvalue weighted by molar-refractivity contribution is 7.98. The van der Waals surface area contributed by atoms with Crippen molar-refractivity contribution in [2.45, 2.75) is 35.1 Å². The molecule has 3 N–H and O–H groups in total. The van der Waals surface area contributed by atoms with Crippen LogP contribution < -0.4 is 27.6 Å². The molecule has 0 bridgehead atoms. The summed E-state index contributed by atoms with van der Waals surface area (Å²) in [6.07, 6.45) is 1.63. The topological polar surface area (TPSA) is 116 Å². The van der Waals surface area contributed by atoms with Crippen molar-refractivity contribution < 1.29 is 43.6 Å². The predicted octanol–water partition coefficient (Wildman–Crippen LogP) is 3.17. The molecule has 1 amide bonds. The first kappa shape index (κ1) is 39.5. The average Bonchev–Trinajstić information content (AvgIpc) is 3.40. The first-order chi connectivity index (χ1) is 21.8. The molecule has 0 atom stereocenters. The van der Waals surface area contributed by atoms with Crippen LogP contribution in [0.1, 0.15) is 41.0 Å². The highest BCUT2D eigenvalue weighted by Crippen LogP contribution is 2.39. The molecule has 0 aliphatic rings. The van der Waals surface area contributed by atoms with E-state index in [0.29, 0.717) is 39.7 Å². The number of primary sulfonamides is 1. The Morgan fingerprint density at radius 2 is 1.75 bits per heavy atom. The van der Waals surface area contributed by atoms with Gasteiger partial charge >= 0.3 is 0 Å². The van der Waals surface area contributed by atoms with Crippen molar-refractivity contribution >= 4 is 50.9 Å². The highest BCUT2D eigenvalue weighted by Gasteiger charge is 2.31. The monoisotopic (exact) mass is 761 g/mol. The zero-order valence-electron chi connectivity index (χ0n) is 27.1. The van der Waals surface area contributed by atoms with Gasteiger partial charge in [-0.3, -0.25) is 9.36 Å². The van der Waals surface area contributed by atoms with Crippen LogP contribution in [0.15, 0.2) is 64.8 Å². The van der Waals surface area contributed by atoms with E-state index in [0.717, 1.165) is 6.07 Å². The smallest absolute Gasteiger partial charge is 0.251 e. The average molecular weight is 763 g/mol. The quantitative estimate of drug-likeness (QED) is 0.169. The van der Waals surface area contributed by atoms with Crippen LogP contribution in [0, 0.1) is 11.6 Å². The van der Waals surface area contributed by atoms with Crippen molar-refractivity contribution in [3.63, 3.8) is 0 Å². The third kappa shape index (κ3) is 9.00. The lowest BCUT2D eigenvalue weighted by Crippen LogP contribution is -3.00. The third-order valence-electron chi connectivity index (χ3n) is 7.54. The van der Waals surface area contributed by atoms with Gasteiger partial charge in [-0.1, -0.05) is 54.9 Å². The van der Waals surface area contributed by atoms with E-state index in [1.54, 1.807) is 22.9 Å². The van der Waals surface area contributed by atoms with E-state index < -0.39 is 33.0 Å². The fourth-order valence-corrected chi connectivity index (χ4v) is 7.27. The molecule has 9 nitrogen and oxygen atoms in total. The number of likely N-dealkylation sites (N-methyl/N-ethyl adjacent to an activating group) is 1. The number of carbonyl (C=O) groups excluding carboxylic acids is 1. The molecule has 0 unspecified atom stereocenters. The third-order valence-corrected chi connectivity index (χ3v) is 10.3. The summed E-state index contributed by atoms with van der Waals surface area (Å²) in [4.78, 5) is 17.1. The Balaban J connectivity index is 0.00000625. The molecule has 48 heavy (non-hydrogen) atoms. The summed E-state index contributed by atoms with van der Waals surface area (Å²) in [6, 6.07) is 11.4. The second-order valence-electron chi connectivity index (χ2n) is 12.4. The standard InChI is InChI=1S/C32H35Cl2F2N5O4S2.ClH/c1-32(2,20-7-10-28(24(34)15-20)47(37,43)44)29-17-39-31(40(29)21-8-9-25(35)27(16-21)45-6)46-18-22-23(33)13-19(14-26(22)36)30(42)38-11-12-41(3,4)5;/h7-10,13-17H,11-12,18H2,1-6H3,(H2-,37,38,42,43,44);1H. The van der Waals surface area contributed by atoms with Crippen molar-refractivity contribution in [2.75, 3.05) is 41.3 Å². The summed E-state index contributed by atoms with van der Waals surface area (Å²) >= 11 is 14.0. The molecule has 3 aromatic carbocycles. The highest BCUT2D eigenvalue weighted by atomic mass is 35.5. The lowest BCUT2D eigenvalue weighted by molar-refractivity contribution is -0.869. The van der Waals surface area contributed by atoms with Gasteiger partial charge in [-0.05, 0) is 42.0 Å². The Morgan fingerprint density at radius 3 is 2.33 bits per heavy atom. The molecule has 4 aromatic rings. The second kappa shape index (κ2) is 15.3. The van der Waals surface area contributed by atoms with Crippen molar-refractivity contribution in [3.05, 3.63) is 98.8 Å². The summed E-state index contributed by atoms with van der Waals surface area (Å²) in [5.41, 5.74) is 1.23. The maximum Gasteiger partial charge on any atom is 0.251 e. The Morgan fingerprint density at radius 1 is 1.06 bits per heavy atom. The van der Waals surface area contributed by atoms with Gasteiger partial charge in [0.2, 0.25) is 10.0 Å². The summed E-state index contributed by atoms with van der Waals surface area (Å²) in [5, 5.41) is 8.56. The number of nitrogens with two attached hydrogens (primary N) is 1. The molecule has 0 aliphatic carbocycles. The number of amides is 1. The molecule has 0 spiro atoms. The second-order valence-corrected chi connectivity index (χ2v) is 15.7. The number of thioether (sulfide) groups is 1. The van der Waals surface area contributed by atoms with Gasteiger partial charge in [-0.2, -0.15) is 0 Å². The van der Waals surface area contributed by atoms with Crippen LogP contribution >= 0.6 is 35.0 Å². The van der Waals surface area contributed by atoms with Crippen LogP contribution in [-0.2, 0) is 21.2 Å². The van der Waals surface area contributed by atoms with Crippen LogP contribution in [0.25, 0.3) is 5.69 Å². The normalized spacial score (nSPS) is 12.1. The molecular weight excluding hydrogens is 727 g/mol. The Kier molecular flexibility index (Phi) is 12.6. The molecule has 4 rings (SSSR count). The van der Waals surface area contributed by atoms with Gasteiger partial charge in [-0.15, -0.1) is 0 Å². The molecule has 260 valence electrons. The van der Waals surface area contributed by atoms with Crippen LogP contribution in [-0.4, -0.2) is 69.7 Å². The van der Waals surface area contributed by atoms with Gasteiger partial charge in [-0.25, -0.2) is 27.3 Å². The van der Waals surface area contributed by atoms with Crippen molar-refractivity contribution in [2.24, 2.45) is 5.14 Å². The fourth-order valence-electron chi connectivity index (χ4n) is 4.80. The molecule has 1 heterocycles. The maximum absolute atomic E-state index is 15.4. The van der Waals surface area contributed by atoms with Crippen LogP contribution in [0.3, 0.4) is 0 Å². The number of aromatic nitrogens is 2. The number of halogens is 5. The molecule has 0 saturated heterocycles. The molecule has 0 aliphatic heterocycles. The van der Waals surface area contributed by atoms with Gasteiger partial charge in [0.25, 0.3) is 5.91 Å². The first-order valence-corrected chi connectivity index (χ1v) is 17.6. The van der Waals surface area contributed by atoms with E-state index >= 15 is 4.39 Å². The predicted molar refractivity (Wildman–Crippen MR) is 181 cm³/mol. The number of nitrogens with one attached hydrogen (secondary N) is 1. The number of hydrogen-bond donors (Lipinski definition) is 2. The van der Waals surface area contributed by atoms with Crippen molar-refractivity contribution in [1.29, 1.82) is 0 Å². The number of benzene rings is 3. The van der Waals surface area contributed by atoms with E-state index in [-0.39, 0.29) is 50.0 Å². The van der Waals surface area contributed by atoms with Gasteiger partial charge in [0.05, 0.1) is 63.9 Å². The number of methoxy groups -OCH3 is 1. The Bertz CT molecular complexity index is 1910. The summed E-state index contributed by atoms with van der Waals surface area (Å²) < 4.78 is 61.4. The van der Waals surface area contributed by atoms with Crippen LogP contribution in [0.2, 0.25) is 10.0 Å². The lowest BCUT2D eigenvalue weighted by Gasteiger charge is -2.28. The number of quaternary nitrogens is 1. The number of imidazole rings is 1. The van der Waals surface area contributed by atoms with Crippen LogP contribution in [0.4, 0.5) is 8.78 Å². The largest absolute Gasteiger partial charge is 1.00 e. The van der Waals surface area contributed by atoms with Gasteiger partial charge in [0.15, 0.2) is 16.7 Å². The number of nitrogens with zero attached hydrogens (tertiary/aromatic N) is 3. The molecular formula is C32H36Cl3F2N5O4S2. The number of ether oxygens (including phenoxy) is 1. The molecule has 0 saturated carbocycles. The minimum Gasteiger partial charge on any atom is -1.00 e. The van der Waals surface area contributed by atoms with Crippen molar-refractivity contribution in [3.8, 4) is 11.4 Å². The minimum absolute atomic E-state index is 0. The number of sulfonamides is 1. The van der Waals surface area contributed by atoms with E-state index in [1.165, 1.54) is 49.2 Å². The minimum atomic E-state index is -4.04. The summed E-state index contributed by atoms with van der Waals surface area (Å²) in [7, 11) is 3.31. The number of rotatable bonds is 12. The Labute approximate surface area is 299 Å². The molecule has 16 heteroatoms. The zero-order valence-corrected chi connectivity index (χ0v) is 31.0.